The molecule has 0 N–H and O–H groups in total. The summed E-state index contributed by atoms with van der Waals surface area (Å²) < 4.78 is 26.0. The number of aromatic nitrogens is 2. The van der Waals surface area contributed by atoms with Crippen molar-refractivity contribution in [3.05, 3.63) is 70.9 Å². The molecule has 3 aromatic rings. The van der Waals surface area contributed by atoms with Crippen LogP contribution in [0.5, 0.6) is 0 Å². The van der Waals surface area contributed by atoms with Gasteiger partial charge in [-0.15, -0.1) is 0 Å². The summed E-state index contributed by atoms with van der Waals surface area (Å²) in [7, 11) is -3.08. The second-order valence-corrected chi connectivity index (χ2v) is 10.8. The van der Waals surface area contributed by atoms with Crippen LogP contribution in [-0.2, 0) is 16.3 Å². The predicted octanol–water partition coefficient (Wildman–Crippen LogP) is 3.73. The van der Waals surface area contributed by atoms with Crippen molar-refractivity contribution in [3.8, 4) is 11.3 Å². The first-order chi connectivity index (χ1) is 14.8. The Morgan fingerprint density at radius 3 is 2.61 bits per heavy atom. The van der Waals surface area contributed by atoms with E-state index in [1.165, 1.54) is 5.56 Å². The van der Waals surface area contributed by atoms with Crippen LogP contribution in [0.25, 0.3) is 11.3 Å². The summed E-state index contributed by atoms with van der Waals surface area (Å²) in [6, 6.07) is 15.6. The Bertz CT molecular complexity index is 1290. The maximum atomic E-state index is 13.4. The van der Waals surface area contributed by atoms with Crippen molar-refractivity contribution in [2.45, 2.75) is 32.7 Å². The maximum absolute atomic E-state index is 13.4. The van der Waals surface area contributed by atoms with Crippen molar-refractivity contribution in [2.75, 3.05) is 23.0 Å². The van der Waals surface area contributed by atoms with Gasteiger partial charge in [-0.1, -0.05) is 30.3 Å². The lowest BCUT2D eigenvalue weighted by Crippen LogP contribution is -2.29. The third-order valence-corrected chi connectivity index (χ3v) is 8.19. The average Bonchev–Trinajstić information content (AvgIpc) is 3.45. The largest absolute Gasteiger partial charge is 0.306 e. The van der Waals surface area contributed by atoms with Gasteiger partial charge in [0.15, 0.2) is 15.5 Å². The van der Waals surface area contributed by atoms with E-state index in [0.29, 0.717) is 18.7 Å². The molecule has 2 aliphatic rings. The lowest BCUT2D eigenvalue weighted by atomic mass is 10.0. The van der Waals surface area contributed by atoms with Gasteiger partial charge in [0.25, 0.3) is 5.91 Å². The number of nitrogens with zero attached hydrogens (tertiary/aromatic N) is 3. The first-order valence-corrected chi connectivity index (χ1v) is 12.4. The molecule has 1 aromatic heterocycles. The van der Waals surface area contributed by atoms with Crippen LogP contribution < -0.4 is 4.90 Å². The lowest BCUT2D eigenvalue weighted by Gasteiger charge is -2.16. The van der Waals surface area contributed by atoms with Crippen LogP contribution >= 0.6 is 0 Å². The summed E-state index contributed by atoms with van der Waals surface area (Å²) in [5.74, 6) is 0.0777. The van der Waals surface area contributed by atoms with E-state index in [-0.39, 0.29) is 23.5 Å². The molecular formula is C24H25N3O3S. The summed E-state index contributed by atoms with van der Waals surface area (Å²) >= 11 is 0. The molecule has 160 valence electrons. The normalized spacial score (nSPS) is 19.5. The molecule has 2 aliphatic heterocycles. The standard InChI is InChI=1S/C24H25N3O3S/c1-16-7-8-19(13-17(16)2)23-14-21(25-27(23)20-10-12-31(29,30)15-20)24(28)26-11-9-18-5-3-4-6-22(18)26/h3-8,13-14,20H,9-12,15H2,1-2H3/t20-/m0/s1. The fourth-order valence-electron chi connectivity index (χ4n) is 4.55. The zero-order chi connectivity index (χ0) is 21.8. The molecular weight excluding hydrogens is 410 g/mol. The Morgan fingerprint density at radius 2 is 1.87 bits per heavy atom. The smallest absolute Gasteiger partial charge is 0.278 e. The minimum atomic E-state index is -3.08. The van der Waals surface area contributed by atoms with Crippen molar-refractivity contribution >= 4 is 21.4 Å². The molecule has 1 saturated heterocycles. The Labute approximate surface area is 182 Å². The monoisotopic (exact) mass is 435 g/mol. The molecule has 31 heavy (non-hydrogen) atoms. The highest BCUT2D eigenvalue weighted by molar-refractivity contribution is 7.91. The van der Waals surface area contributed by atoms with Crippen LogP contribution in [0.15, 0.2) is 48.5 Å². The molecule has 1 fully saturated rings. The van der Waals surface area contributed by atoms with E-state index in [2.05, 4.69) is 18.1 Å². The van der Waals surface area contributed by atoms with Gasteiger partial charge in [0.2, 0.25) is 0 Å². The molecule has 0 saturated carbocycles. The van der Waals surface area contributed by atoms with Crippen molar-refractivity contribution in [1.29, 1.82) is 0 Å². The quantitative estimate of drug-likeness (QED) is 0.628. The Balaban J connectivity index is 1.58. The van der Waals surface area contributed by atoms with Crippen molar-refractivity contribution in [1.82, 2.24) is 9.78 Å². The second kappa shape index (κ2) is 7.34. The van der Waals surface area contributed by atoms with Crippen LogP contribution in [0.3, 0.4) is 0 Å². The minimum absolute atomic E-state index is 0.0622. The number of para-hydroxylation sites is 1. The number of sulfone groups is 1. The van der Waals surface area contributed by atoms with Gasteiger partial charge < -0.3 is 4.90 Å². The van der Waals surface area contributed by atoms with Crippen molar-refractivity contribution in [3.63, 3.8) is 0 Å². The fraction of sp³-hybridized carbons (Fsp3) is 0.333. The third-order valence-electron chi connectivity index (χ3n) is 6.44. The number of rotatable bonds is 3. The number of benzene rings is 2. The van der Waals surface area contributed by atoms with Gasteiger partial charge >= 0.3 is 0 Å². The molecule has 0 bridgehead atoms. The van der Waals surface area contributed by atoms with Gasteiger partial charge in [-0.2, -0.15) is 5.10 Å². The van der Waals surface area contributed by atoms with Crippen LogP contribution in [-0.4, -0.2) is 42.2 Å². The van der Waals surface area contributed by atoms with E-state index < -0.39 is 9.84 Å². The van der Waals surface area contributed by atoms with E-state index in [4.69, 9.17) is 0 Å². The van der Waals surface area contributed by atoms with Crippen molar-refractivity contribution in [2.24, 2.45) is 0 Å². The number of hydrogen-bond acceptors (Lipinski definition) is 4. The molecule has 3 heterocycles. The molecule has 7 heteroatoms. The van der Waals surface area contributed by atoms with Gasteiger partial charge in [0, 0.05) is 17.8 Å². The third kappa shape index (κ3) is 3.57. The number of amides is 1. The fourth-order valence-corrected chi connectivity index (χ4v) is 6.24. The van der Waals surface area contributed by atoms with Gasteiger partial charge in [-0.05, 0) is 61.6 Å². The van der Waals surface area contributed by atoms with Crippen LogP contribution in [0.2, 0.25) is 0 Å². The molecule has 0 spiro atoms. The SMILES string of the molecule is Cc1ccc(-c2cc(C(=O)N3CCc4ccccc43)nn2[C@H]2CCS(=O)(=O)C2)cc1C. The highest BCUT2D eigenvalue weighted by atomic mass is 32.2. The number of carbonyl (C=O) groups is 1. The summed E-state index contributed by atoms with van der Waals surface area (Å²) in [6.45, 7) is 4.73. The molecule has 0 radical (unpaired) electrons. The second-order valence-electron chi connectivity index (χ2n) is 8.55. The van der Waals surface area contributed by atoms with E-state index in [1.54, 1.807) is 9.58 Å². The topological polar surface area (TPSA) is 72.3 Å². The van der Waals surface area contributed by atoms with E-state index in [9.17, 15) is 13.2 Å². The van der Waals surface area contributed by atoms with Crippen LogP contribution in [0.1, 0.15) is 39.6 Å². The molecule has 5 rings (SSSR count). The molecule has 2 aromatic carbocycles. The summed E-state index contributed by atoms with van der Waals surface area (Å²) in [4.78, 5) is 15.2. The molecule has 1 amide bonds. The van der Waals surface area contributed by atoms with Crippen LogP contribution in [0, 0.1) is 13.8 Å². The van der Waals surface area contributed by atoms with Gasteiger partial charge in [-0.3, -0.25) is 9.48 Å². The van der Waals surface area contributed by atoms with E-state index >= 15 is 0 Å². The Morgan fingerprint density at radius 1 is 1.06 bits per heavy atom. The summed E-state index contributed by atoms with van der Waals surface area (Å²) in [5, 5.41) is 4.66. The molecule has 0 aliphatic carbocycles. The summed E-state index contributed by atoms with van der Waals surface area (Å²) in [6.07, 6.45) is 1.34. The number of carbonyl (C=O) groups excluding carboxylic acids is 1. The minimum Gasteiger partial charge on any atom is -0.306 e. The Hall–Kier alpha value is -2.93. The van der Waals surface area contributed by atoms with Gasteiger partial charge in [0.05, 0.1) is 23.2 Å². The average molecular weight is 436 g/mol. The first-order valence-electron chi connectivity index (χ1n) is 10.6. The van der Waals surface area contributed by atoms with Gasteiger partial charge in [-0.25, -0.2) is 8.42 Å². The van der Waals surface area contributed by atoms with Gasteiger partial charge in [0.1, 0.15) is 0 Å². The zero-order valence-corrected chi connectivity index (χ0v) is 18.5. The first kappa shape index (κ1) is 20.0. The highest BCUT2D eigenvalue weighted by Gasteiger charge is 2.33. The van der Waals surface area contributed by atoms with Crippen molar-refractivity contribution < 1.29 is 13.2 Å². The molecule has 0 unspecified atom stereocenters. The number of fused-ring (bicyclic) bond motifs is 1. The lowest BCUT2D eigenvalue weighted by molar-refractivity contribution is 0.0983. The van der Waals surface area contributed by atoms with E-state index in [0.717, 1.165) is 34.5 Å². The zero-order valence-electron chi connectivity index (χ0n) is 17.7. The highest BCUT2D eigenvalue weighted by Crippen LogP contribution is 2.33. The number of hydrogen-bond donors (Lipinski definition) is 0. The maximum Gasteiger partial charge on any atom is 0.278 e. The number of aryl methyl sites for hydroxylation is 2. The predicted molar refractivity (Wildman–Crippen MR) is 121 cm³/mol. The number of anilines is 1. The summed E-state index contributed by atoms with van der Waals surface area (Å²) in [5.41, 5.74) is 6.51. The van der Waals surface area contributed by atoms with Crippen LogP contribution in [0.4, 0.5) is 5.69 Å². The molecule has 1 atom stereocenters. The molecule has 6 nitrogen and oxygen atoms in total. The Kier molecular flexibility index (Phi) is 4.73. The van der Waals surface area contributed by atoms with E-state index in [1.807, 2.05) is 49.4 Å².